The van der Waals surface area contributed by atoms with Crippen LogP contribution in [-0.4, -0.2) is 62.5 Å². The van der Waals surface area contributed by atoms with Crippen LogP contribution in [0.5, 0.6) is 0 Å². The van der Waals surface area contributed by atoms with Crippen molar-refractivity contribution < 1.29 is 22.6 Å². The van der Waals surface area contributed by atoms with Gasteiger partial charge in [0.25, 0.3) is 10.1 Å². The average molecular weight is 346 g/mol. The smallest absolute Gasteiger partial charge is 0.342 e. The monoisotopic (exact) mass is 346 g/mol. The fraction of sp³-hybridized carbons (Fsp3) is 0.500. The van der Waals surface area contributed by atoms with E-state index in [4.69, 9.17) is 0 Å². The number of hydrogen-bond acceptors (Lipinski definition) is 9. The maximum Gasteiger partial charge on any atom is 0.342 e. The molecule has 2 heterocycles. The van der Waals surface area contributed by atoms with Gasteiger partial charge in [-0.3, -0.25) is 4.18 Å². The van der Waals surface area contributed by atoms with Crippen LogP contribution in [0.15, 0.2) is 18.7 Å². The summed E-state index contributed by atoms with van der Waals surface area (Å²) < 4.78 is 29.1. The van der Waals surface area contributed by atoms with Gasteiger partial charge in [0.2, 0.25) is 0 Å². The van der Waals surface area contributed by atoms with Gasteiger partial charge in [-0.2, -0.15) is 8.42 Å². The first-order valence-corrected chi connectivity index (χ1v) is 8.12. The fourth-order valence-electron chi connectivity index (χ4n) is 1.74. The SMILES string of the molecule is CS(=O)(=O)OCC(CO)n1cc(Cn2cncc2[N+](=O)[O-])nn1. The van der Waals surface area contributed by atoms with E-state index in [0.29, 0.717) is 5.69 Å². The van der Waals surface area contributed by atoms with Gasteiger partial charge in [0.1, 0.15) is 24.5 Å². The Kier molecular flexibility index (Phi) is 5.02. The van der Waals surface area contributed by atoms with Gasteiger partial charge in [0.15, 0.2) is 6.33 Å². The lowest BCUT2D eigenvalue weighted by molar-refractivity contribution is -0.392. The molecule has 0 spiro atoms. The van der Waals surface area contributed by atoms with Crippen LogP contribution >= 0.6 is 0 Å². The van der Waals surface area contributed by atoms with Gasteiger partial charge in [-0.15, -0.1) is 5.10 Å². The van der Waals surface area contributed by atoms with Gasteiger partial charge in [-0.1, -0.05) is 5.21 Å². The van der Waals surface area contributed by atoms with E-state index >= 15 is 0 Å². The van der Waals surface area contributed by atoms with Crippen LogP contribution in [0.1, 0.15) is 11.7 Å². The Bertz CT molecular complexity index is 783. The molecule has 13 heteroatoms. The molecule has 0 saturated carbocycles. The van der Waals surface area contributed by atoms with E-state index in [1.54, 1.807) is 0 Å². The van der Waals surface area contributed by atoms with Crippen molar-refractivity contribution in [2.24, 2.45) is 0 Å². The molecule has 1 atom stereocenters. The summed E-state index contributed by atoms with van der Waals surface area (Å²) in [5, 5.41) is 27.7. The van der Waals surface area contributed by atoms with Crippen molar-refractivity contribution >= 4 is 15.9 Å². The first-order chi connectivity index (χ1) is 10.8. The van der Waals surface area contributed by atoms with Gasteiger partial charge >= 0.3 is 5.82 Å². The molecule has 12 nitrogen and oxygen atoms in total. The molecule has 0 aliphatic heterocycles. The Labute approximate surface area is 130 Å². The fourth-order valence-corrected chi connectivity index (χ4v) is 2.15. The number of imidazole rings is 1. The minimum atomic E-state index is -3.65. The molecule has 0 radical (unpaired) electrons. The first kappa shape index (κ1) is 17.0. The molecule has 0 bridgehead atoms. The standard InChI is InChI=1S/C10H14N6O6S/c1-23(20,21)22-6-9(5-17)15-4-8(12-13-15)3-14-7-11-2-10(14)16(18)19/h2,4,7,9,17H,3,5-6H2,1H3. The molecular formula is C10H14N6O6S. The summed E-state index contributed by atoms with van der Waals surface area (Å²) in [6.07, 6.45) is 4.73. The Morgan fingerprint density at radius 3 is 2.87 bits per heavy atom. The first-order valence-electron chi connectivity index (χ1n) is 6.30. The summed E-state index contributed by atoms with van der Waals surface area (Å²) >= 11 is 0. The molecule has 2 rings (SSSR count). The van der Waals surface area contributed by atoms with Crippen LogP contribution in [0, 0.1) is 10.1 Å². The Morgan fingerprint density at radius 2 is 2.26 bits per heavy atom. The van der Waals surface area contributed by atoms with Crippen LogP contribution in [-0.2, 0) is 20.8 Å². The van der Waals surface area contributed by atoms with Gasteiger partial charge in [0, 0.05) is 0 Å². The zero-order chi connectivity index (χ0) is 17.0. The van der Waals surface area contributed by atoms with Gasteiger partial charge in [-0.25, -0.2) is 14.2 Å². The van der Waals surface area contributed by atoms with Crippen LogP contribution in [0.2, 0.25) is 0 Å². The Hall–Kier alpha value is -2.38. The Balaban J connectivity index is 2.10. The third-order valence-corrected chi connectivity index (χ3v) is 3.39. The molecule has 23 heavy (non-hydrogen) atoms. The lowest BCUT2D eigenvalue weighted by atomic mass is 10.3. The van der Waals surface area contributed by atoms with Crippen molar-refractivity contribution in [1.82, 2.24) is 24.5 Å². The molecule has 1 N–H and O–H groups in total. The topological polar surface area (TPSA) is 155 Å². The molecular weight excluding hydrogens is 332 g/mol. The second kappa shape index (κ2) is 6.80. The zero-order valence-corrected chi connectivity index (χ0v) is 12.8. The van der Waals surface area contributed by atoms with E-state index < -0.39 is 27.7 Å². The minimum absolute atomic E-state index is 0.0569. The summed E-state index contributed by atoms with van der Waals surface area (Å²) in [6.45, 7) is -0.658. The number of hydrogen-bond donors (Lipinski definition) is 1. The largest absolute Gasteiger partial charge is 0.394 e. The van der Waals surface area contributed by atoms with E-state index in [1.807, 2.05) is 0 Å². The molecule has 0 amide bonds. The number of aliphatic hydroxyl groups excluding tert-OH is 1. The van der Waals surface area contributed by atoms with Gasteiger partial charge < -0.3 is 15.2 Å². The quantitative estimate of drug-likeness (QED) is 0.357. The molecule has 2 aromatic rings. The maximum absolute atomic E-state index is 11.0. The van der Waals surface area contributed by atoms with Crippen molar-refractivity contribution in [3.05, 3.63) is 34.5 Å². The van der Waals surface area contributed by atoms with Crippen LogP contribution < -0.4 is 0 Å². The van der Waals surface area contributed by atoms with Crippen molar-refractivity contribution in [2.45, 2.75) is 12.6 Å². The number of nitro groups is 1. The van der Waals surface area contributed by atoms with Crippen molar-refractivity contribution in [2.75, 3.05) is 19.5 Å². The van der Waals surface area contributed by atoms with Crippen LogP contribution in [0.25, 0.3) is 0 Å². The molecule has 126 valence electrons. The molecule has 0 aliphatic rings. The normalized spacial score (nSPS) is 13.1. The molecule has 0 fully saturated rings. The lowest BCUT2D eigenvalue weighted by Crippen LogP contribution is -2.21. The molecule has 0 saturated heterocycles. The number of rotatable bonds is 8. The number of aromatic nitrogens is 5. The highest BCUT2D eigenvalue weighted by molar-refractivity contribution is 7.85. The lowest BCUT2D eigenvalue weighted by Gasteiger charge is -2.12. The molecule has 0 aromatic carbocycles. The van der Waals surface area contributed by atoms with Crippen molar-refractivity contribution in [3.63, 3.8) is 0 Å². The Morgan fingerprint density at radius 1 is 1.52 bits per heavy atom. The number of nitrogens with zero attached hydrogens (tertiary/aromatic N) is 6. The minimum Gasteiger partial charge on any atom is -0.394 e. The second-order valence-corrected chi connectivity index (χ2v) is 6.30. The third kappa shape index (κ3) is 4.54. The summed E-state index contributed by atoms with van der Waals surface area (Å²) in [7, 11) is -3.65. The highest BCUT2D eigenvalue weighted by Crippen LogP contribution is 2.13. The highest BCUT2D eigenvalue weighted by Gasteiger charge is 2.18. The van der Waals surface area contributed by atoms with Crippen molar-refractivity contribution in [3.8, 4) is 0 Å². The zero-order valence-electron chi connectivity index (χ0n) is 12.0. The highest BCUT2D eigenvalue weighted by atomic mass is 32.2. The van der Waals surface area contributed by atoms with Crippen molar-refractivity contribution in [1.29, 1.82) is 0 Å². The summed E-state index contributed by atoms with van der Waals surface area (Å²) in [4.78, 5) is 13.9. The van der Waals surface area contributed by atoms with E-state index in [0.717, 1.165) is 12.5 Å². The summed E-state index contributed by atoms with van der Waals surface area (Å²) in [5.74, 6) is -0.196. The van der Waals surface area contributed by atoms with Crippen LogP contribution in [0.4, 0.5) is 5.82 Å². The van der Waals surface area contributed by atoms with Gasteiger partial charge in [-0.05, 0) is 4.92 Å². The van der Waals surface area contributed by atoms with Crippen LogP contribution in [0.3, 0.4) is 0 Å². The number of aliphatic hydroxyl groups is 1. The molecule has 0 aliphatic carbocycles. The maximum atomic E-state index is 11.0. The predicted molar refractivity (Wildman–Crippen MR) is 74.9 cm³/mol. The van der Waals surface area contributed by atoms with E-state index in [2.05, 4.69) is 19.5 Å². The van der Waals surface area contributed by atoms with E-state index in [1.165, 1.54) is 21.8 Å². The van der Waals surface area contributed by atoms with Gasteiger partial charge in [0.05, 0.1) is 25.7 Å². The third-order valence-electron chi connectivity index (χ3n) is 2.83. The van der Waals surface area contributed by atoms with E-state index in [9.17, 15) is 23.6 Å². The molecule has 2 aromatic heterocycles. The second-order valence-electron chi connectivity index (χ2n) is 4.65. The summed E-state index contributed by atoms with van der Waals surface area (Å²) in [6, 6.07) is -0.747. The summed E-state index contributed by atoms with van der Waals surface area (Å²) in [5.41, 5.74) is 0.379. The molecule has 1 unspecified atom stereocenters. The predicted octanol–water partition coefficient (Wildman–Crippen LogP) is -1.06. The van der Waals surface area contributed by atoms with E-state index in [-0.39, 0.29) is 19.0 Å². The average Bonchev–Trinajstić information content (AvgIpc) is 3.08.